The summed E-state index contributed by atoms with van der Waals surface area (Å²) in [5.74, 6) is 0.403. The third-order valence-corrected chi connectivity index (χ3v) is 4.79. The number of hydrogen-bond donors (Lipinski definition) is 1. The topological polar surface area (TPSA) is 68.6 Å². The van der Waals surface area contributed by atoms with Crippen LogP contribution in [0.3, 0.4) is 0 Å². The van der Waals surface area contributed by atoms with Crippen LogP contribution in [0.2, 0.25) is 0 Å². The zero-order chi connectivity index (χ0) is 16.9. The second-order valence-electron chi connectivity index (χ2n) is 6.18. The Labute approximate surface area is 135 Å². The van der Waals surface area contributed by atoms with Crippen molar-refractivity contribution in [2.45, 2.75) is 26.5 Å². The van der Waals surface area contributed by atoms with Crippen LogP contribution < -0.4 is 9.80 Å². The summed E-state index contributed by atoms with van der Waals surface area (Å²) >= 11 is 0. The van der Waals surface area contributed by atoms with E-state index in [-0.39, 0.29) is 12.6 Å². The lowest BCUT2D eigenvalue weighted by atomic mass is 9.97. The molecule has 0 radical (unpaired) electrons. The summed E-state index contributed by atoms with van der Waals surface area (Å²) in [5.41, 5.74) is 3.02. The number of amides is 2. The molecule has 0 saturated carbocycles. The molecule has 2 aliphatic rings. The van der Waals surface area contributed by atoms with Crippen molar-refractivity contribution < 1.29 is 14.9 Å². The molecule has 0 bridgehead atoms. The summed E-state index contributed by atoms with van der Waals surface area (Å²) in [6.45, 7) is 6.89. The highest BCUT2D eigenvalue weighted by atomic mass is 17.1. The number of carbonyl (C=O) groups excluding carboxylic acids is 1. The largest absolute Gasteiger partial charge is 0.345 e. The van der Waals surface area contributed by atoms with Crippen LogP contribution in [0, 0.1) is 13.8 Å². The lowest BCUT2D eigenvalue weighted by Crippen LogP contribution is -2.70. The van der Waals surface area contributed by atoms with Crippen LogP contribution in [-0.4, -0.2) is 54.9 Å². The van der Waals surface area contributed by atoms with Gasteiger partial charge in [0.25, 0.3) is 5.72 Å². The molecule has 0 aliphatic carbocycles. The van der Waals surface area contributed by atoms with Crippen molar-refractivity contribution in [3.05, 3.63) is 23.3 Å². The molecule has 0 fully saturated rings. The van der Waals surface area contributed by atoms with Gasteiger partial charge in [0.15, 0.2) is 5.84 Å². The van der Waals surface area contributed by atoms with Crippen LogP contribution in [0.5, 0.6) is 0 Å². The molecule has 1 atom stereocenters. The molecule has 0 saturated heterocycles. The molecule has 124 valence electrons. The summed E-state index contributed by atoms with van der Waals surface area (Å²) in [6, 6.07) is 3.81. The van der Waals surface area contributed by atoms with Crippen molar-refractivity contribution in [1.82, 2.24) is 4.90 Å². The molecule has 2 heterocycles. The van der Waals surface area contributed by atoms with E-state index in [1.54, 1.807) is 7.05 Å². The van der Waals surface area contributed by atoms with Crippen molar-refractivity contribution >= 4 is 23.2 Å². The number of likely N-dealkylation sites (N-methyl/N-ethyl adjacent to an activating group) is 3. The standard InChI is InChI=1S/C16H22N4O3/c1-6-20-13-8-11(3)10(2)7-12(13)19(5)14-16(20,23-22)9-18(4)15(21)17-14/h7-8,22H,6,9H2,1-5H3. The van der Waals surface area contributed by atoms with E-state index in [9.17, 15) is 10.1 Å². The van der Waals surface area contributed by atoms with Gasteiger partial charge in [0.1, 0.15) is 0 Å². The number of amidine groups is 1. The van der Waals surface area contributed by atoms with Crippen molar-refractivity contribution in [2.75, 3.05) is 37.0 Å². The zero-order valence-corrected chi connectivity index (χ0v) is 14.1. The van der Waals surface area contributed by atoms with Gasteiger partial charge in [-0.2, -0.15) is 4.99 Å². The van der Waals surface area contributed by atoms with Gasteiger partial charge in [0.2, 0.25) is 0 Å². The number of nitrogens with zero attached hydrogens (tertiary/aromatic N) is 4. The smallest absolute Gasteiger partial charge is 0.332 e. The van der Waals surface area contributed by atoms with Gasteiger partial charge in [-0.3, -0.25) is 0 Å². The van der Waals surface area contributed by atoms with E-state index in [0.717, 1.165) is 22.5 Å². The molecule has 1 aromatic rings. The average Bonchev–Trinajstić information content (AvgIpc) is 2.52. The number of anilines is 2. The minimum atomic E-state index is -1.19. The van der Waals surface area contributed by atoms with E-state index < -0.39 is 5.72 Å². The van der Waals surface area contributed by atoms with Gasteiger partial charge in [-0.05, 0) is 44.0 Å². The fraction of sp³-hybridized carbons (Fsp3) is 0.500. The maximum Gasteiger partial charge on any atom is 0.345 e. The quantitative estimate of drug-likeness (QED) is 0.669. The molecule has 2 aliphatic heterocycles. The summed E-state index contributed by atoms with van der Waals surface area (Å²) in [6.07, 6.45) is 0. The molecule has 0 aromatic heterocycles. The van der Waals surface area contributed by atoms with Crippen molar-refractivity contribution in [1.29, 1.82) is 0 Å². The second kappa shape index (κ2) is 5.21. The maximum atomic E-state index is 12.0. The van der Waals surface area contributed by atoms with Crippen LogP contribution >= 0.6 is 0 Å². The summed E-state index contributed by atoms with van der Waals surface area (Å²) in [5, 5.41) is 9.76. The van der Waals surface area contributed by atoms with E-state index in [1.807, 2.05) is 30.7 Å². The van der Waals surface area contributed by atoms with E-state index in [1.165, 1.54) is 4.90 Å². The van der Waals surface area contributed by atoms with Gasteiger partial charge in [-0.25, -0.2) is 14.9 Å². The molecule has 3 rings (SSSR count). The molecule has 7 heteroatoms. The lowest BCUT2D eigenvalue weighted by Gasteiger charge is -2.52. The highest BCUT2D eigenvalue weighted by Gasteiger charge is 2.54. The fourth-order valence-electron chi connectivity index (χ4n) is 3.39. The molecule has 7 nitrogen and oxygen atoms in total. The van der Waals surface area contributed by atoms with Crippen LogP contribution in [0.1, 0.15) is 18.1 Å². The SMILES string of the molecule is CCN1c2cc(C)c(C)cc2N(C)C2=NC(=O)N(C)CC21OO. The van der Waals surface area contributed by atoms with E-state index in [0.29, 0.717) is 12.4 Å². The maximum absolute atomic E-state index is 12.0. The number of fused-ring (bicyclic) bond motifs is 2. The van der Waals surface area contributed by atoms with Crippen molar-refractivity contribution in [3.8, 4) is 0 Å². The van der Waals surface area contributed by atoms with Gasteiger partial charge in [-0.1, -0.05) is 0 Å². The van der Waals surface area contributed by atoms with Gasteiger partial charge in [0, 0.05) is 20.6 Å². The van der Waals surface area contributed by atoms with Crippen LogP contribution in [-0.2, 0) is 4.89 Å². The summed E-state index contributed by atoms with van der Waals surface area (Å²) in [7, 11) is 3.49. The van der Waals surface area contributed by atoms with E-state index in [2.05, 4.69) is 24.0 Å². The Morgan fingerprint density at radius 2 is 1.87 bits per heavy atom. The molecular weight excluding hydrogens is 296 g/mol. The number of aryl methyl sites for hydroxylation is 2. The van der Waals surface area contributed by atoms with E-state index >= 15 is 0 Å². The predicted octanol–water partition coefficient (Wildman–Crippen LogP) is 2.23. The molecular formula is C16H22N4O3. The van der Waals surface area contributed by atoms with Crippen LogP contribution in [0.25, 0.3) is 0 Å². The van der Waals surface area contributed by atoms with Crippen molar-refractivity contribution in [3.63, 3.8) is 0 Å². The van der Waals surface area contributed by atoms with Gasteiger partial charge >= 0.3 is 6.03 Å². The minimum absolute atomic E-state index is 0.200. The van der Waals surface area contributed by atoms with Gasteiger partial charge in [-0.15, -0.1) is 0 Å². The zero-order valence-electron chi connectivity index (χ0n) is 14.1. The Morgan fingerprint density at radius 3 is 2.43 bits per heavy atom. The molecule has 0 spiro atoms. The highest BCUT2D eigenvalue weighted by Crippen LogP contribution is 2.43. The molecule has 23 heavy (non-hydrogen) atoms. The number of benzene rings is 1. The lowest BCUT2D eigenvalue weighted by molar-refractivity contribution is -0.302. The summed E-state index contributed by atoms with van der Waals surface area (Å²) < 4.78 is 0. The number of aliphatic imine (C=N–C) groups is 1. The first-order valence-electron chi connectivity index (χ1n) is 7.65. The van der Waals surface area contributed by atoms with Gasteiger partial charge in [0.05, 0.1) is 17.9 Å². The van der Waals surface area contributed by atoms with Crippen LogP contribution in [0.15, 0.2) is 17.1 Å². The second-order valence-corrected chi connectivity index (χ2v) is 6.18. The number of hydrogen-bond acceptors (Lipinski definition) is 5. The predicted molar refractivity (Wildman–Crippen MR) is 89.2 cm³/mol. The normalized spacial score (nSPS) is 23.7. The van der Waals surface area contributed by atoms with E-state index in [4.69, 9.17) is 4.89 Å². The van der Waals surface area contributed by atoms with Crippen molar-refractivity contribution in [2.24, 2.45) is 4.99 Å². The van der Waals surface area contributed by atoms with Gasteiger partial charge < -0.3 is 14.7 Å². The number of carbonyl (C=O) groups is 1. The molecule has 1 unspecified atom stereocenters. The Kier molecular flexibility index (Phi) is 3.57. The fourth-order valence-corrected chi connectivity index (χ4v) is 3.39. The Bertz CT molecular complexity index is 703. The third-order valence-electron chi connectivity index (χ3n) is 4.79. The first-order valence-corrected chi connectivity index (χ1v) is 7.65. The third kappa shape index (κ3) is 2.04. The average molecular weight is 318 g/mol. The monoisotopic (exact) mass is 318 g/mol. The molecule has 1 N–H and O–H groups in total. The number of urea groups is 1. The first-order chi connectivity index (χ1) is 10.9. The highest BCUT2D eigenvalue weighted by molar-refractivity contribution is 6.15. The van der Waals surface area contributed by atoms with Crippen LogP contribution in [0.4, 0.5) is 16.2 Å². The summed E-state index contributed by atoms with van der Waals surface area (Å²) in [4.78, 5) is 26.4. The Hall–Kier alpha value is -2.12. The number of rotatable bonds is 2. The molecule has 1 aromatic carbocycles. The Balaban J connectivity index is 2.29. The Morgan fingerprint density at radius 1 is 1.26 bits per heavy atom. The molecule has 2 amide bonds. The minimum Gasteiger partial charge on any atom is -0.332 e. The first kappa shape index (κ1) is 15.8.